The zero-order chi connectivity index (χ0) is 11.3. The molecule has 0 radical (unpaired) electrons. The van der Waals surface area contributed by atoms with Gasteiger partial charge in [0.25, 0.3) is 5.91 Å². The van der Waals surface area contributed by atoms with Gasteiger partial charge in [-0.1, -0.05) is 13.8 Å². The van der Waals surface area contributed by atoms with Gasteiger partial charge in [-0.25, -0.2) is 0 Å². The van der Waals surface area contributed by atoms with E-state index in [0.717, 1.165) is 12.8 Å². The van der Waals surface area contributed by atoms with Gasteiger partial charge in [0.15, 0.2) is 0 Å². The van der Waals surface area contributed by atoms with Crippen LogP contribution in [0.15, 0.2) is 23.0 Å². The van der Waals surface area contributed by atoms with E-state index in [4.69, 9.17) is 10.2 Å². The summed E-state index contributed by atoms with van der Waals surface area (Å²) >= 11 is 0. The molecule has 1 amide bonds. The third kappa shape index (κ3) is 3.09. The van der Waals surface area contributed by atoms with E-state index in [2.05, 4.69) is 5.32 Å². The van der Waals surface area contributed by atoms with Crippen molar-refractivity contribution in [2.75, 3.05) is 6.54 Å². The Morgan fingerprint density at radius 3 is 2.67 bits per heavy atom. The highest BCUT2D eigenvalue weighted by atomic mass is 16.3. The van der Waals surface area contributed by atoms with E-state index >= 15 is 0 Å². The first-order valence-electron chi connectivity index (χ1n) is 5.20. The second-order valence-electron chi connectivity index (χ2n) is 3.76. The summed E-state index contributed by atoms with van der Waals surface area (Å²) in [7, 11) is 0. The first-order valence-corrected chi connectivity index (χ1v) is 5.20. The van der Waals surface area contributed by atoms with Gasteiger partial charge in [0, 0.05) is 12.1 Å². The molecule has 0 atom stereocenters. The van der Waals surface area contributed by atoms with Crippen molar-refractivity contribution in [1.29, 1.82) is 0 Å². The first-order chi connectivity index (χ1) is 7.11. The van der Waals surface area contributed by atoms with Gasteiger partial charge in [0.1, 0.15) is 6.26 Å². The van der Waals surface area contributed by atoms with E-state index in [1.165, 1.54) is 12.5 Å². The molecular weight excluding hydrogens is 192 g/mol. The molecule has 84 valence electrons. The molecule has 4 nitrogen and oxygen atoms in total. The largest absolute Gasteiger partial charge is 0.472 e. The third-order valence-electron chi connectivity index (χ3n) is 2.79. The normalized spacial score (nSPS) is 11.4. The Morgan fingerprint density at radius 2 is 2.20 bits per heavy atom. The average molecular weight is 210 g/mol. The van der Waals surface area contributed by atoms with Crippen LogP contribution in [0.4, 0.5) is 0 Å². The van der Waals surface area contributed by atoms with E-state index in [9.17, 15) is 4.79 Å². The van der Waals surface area contributed by atoms with E-state index < -0.39 is 0 Å². The van der Waals surface area contributed by atoms with Crippen molar-refractivity contribution in [3.8, 4) is 0 Å². The molecule has 0 aliphatic heterocycles. The number of nitrogens with two attached hydrogens (primary N) is 1. The van der Waals surface area contributed by atoms with Gasteiger partial charge in [-0.15, -0.1) is 0 Å². The molecule has 0 spiro atoms. The van der Waals surface area contributed by atoms with Crippen molar-refractivity contribution in [2.45, 2.75) is 32.2 Å². The number of hydrogen-bond acceptors (Lipinski definition) is 3. The summed E-state index contributed by atoms with van der Waals surface area (Å²) < 4.78 is 4.83. The Kier molecular flexibility index (Phi) is 3.91. The Balaban J connectivity index is 2.47. The molecule has 0 fully saturated rings. The Labute approximate surface area is 89.8 Å². The van der Waals surface area contributed by atoms with Crippen molar-refractivity contribution in [3.63, 3.8) is 0 Å². The van der Waals surface area contributed by atoms with Crippen LogP contribution < -0.4 is 11.1 Å². The highest BCUT2D eigenvalue weighted by Gasteiger charge is 2.21. The molecule has 4 heteroatoms. The quantitative estimate of drug-likeness (QED) is 0.774. The Bertz CT molecular complexity index is 302. The lowest BCUT2D eigenvalue weighted by Gasteiger charge is -2.26. The van der Waals surface area contributed by atoms with E-state index in [0.29, 0.717) is 12.1 Å². The van der Waals surface area contributed by atoms with Gasteiger partial charge in [0.05, 0.1) is 11.8 Å². The lowest BCUT2D eigenvalue weighted by molar-refractivity contribution is 0.0941. The van der Waals surface area contributed by atoms with Gasteiger partial charge in [-0.05, 0) is 18.9 Å². The molecular formula is C11H18N2O2. The van der Waals surface area contributed by atoms with Crippen molar-refractivity contribution < 1.29 is 9.21 Å². The van der Waals surface area contributed by atoms with Crippen LogP contribution in [0.2, 0.25) is 0 Å². The number of carbonyl (C=O) groups is 1. The molecule has 15 heavy (non-hydrogen) atoms. The molecule has 0 saturated carbocycles. The molecule has 1 aromatic rings. The summed E-state index contributed by atoms with van der Waals surface area (Å²) in [4.78, 5) is 11.6. The van der Waals surface area contributed by atoms with Gasteiger partial charge in [0.2, 0.25) is 0 Å². The highest BCUT2D eigenvalue weighted by molar-refractivity contribution is 5.93. The van der Waals surface area contributed by atoms with E-state index in [1.807, 2.05) is 13.8 Å². The summed E-state index contributed by atoms with van der Waals surface area (Å²) in [6, 6.07) is 1.63. The molecule has 0 aliphatic carbocycles. The van der Waals surface area contributed by atoms with Gasteiger partial charge in [-0.2, -0.15) is 0 Å². The lowest BCUT2D eigenvalue weighted by atomic mass is 9.94. The summed E-state index contributed by atoms with van der Waals surface area (Å²) in [6.07, 6.45) is 4.58. The van der Waals surface area contributed by atoms with E-state index in [1.54, 1.807) is 6.07 Å². The molecule has 1 rings (SSSR count). The van der Waals surface area contributed by atoms with Crippen LogP contribution in [-0.2, 0) is 0 Å². The smallest absolute Gasteiger partial charge is 0.254 e. The van der Waals surface area contributed by atoms with E-state index in [-0.39, 0.29) is 11.4 Å². The highest BCUT2D eigenvalue weighted by Crippen LogP contribution is 2.10. The lowest BCUT2D eigenvalue weighted by Crippen LogP contribution is -2.49. The predicted molar refractivity (Wildman–Crippen MR) is 58.5 cm³/mol. The number of hydrogen-bond donors (Lipinski definition) is 2. The monoisotopic (exact) mass is 210 g/mol. The van der Waals surface area contributed by atoms with Gasteiger partial charge < -0.3 is 15.5 Å². The zero-order valence-corrected chi connectivity index (χ0v) is 9.25. The fraction of sp³-hybridized carbons (Fsp3) is 0.545. The number of rotatable bonds is 5. The maximum atomic E-state index is 11.6. The third-order valence-corrected chi connectivity index (χ3v) is 2.79. The van der Waals surface area contributed by atoms with Crippen molar-refractivity contribution in [1.82, 2.24) is 5.32 Å². The van der Waals surface area contributed by atoms with Crippen LogP contribution in [0, 0.1) is 0 Å². The van der Waals surface area contributed by atoms with Crippen LogP contribution in [0.5, 0.6) is 0 Å². The maximum Gasteiger partial charge on any atom is 0.254 e. The molecule has 1 aromatic heterocycles. The minimum absolute atomic E-state index is 0.138. The number of furan rings is 1. The minimum Gasteiger partial charge on any atom is -0.472 e. The minimum atomic E-state index is -0.306. The van der Waals surface area contributed by atoms with Crippen LogP contribution in [-0.4, -0.2) is 18.0 Å². The van der Waals surface area contributed by atoms with Crippen LogP contribution >= 0.6 is 0 Å². The van der Waals surface area contributed by atoms with Crippen molar-refractivity contribution in [2.24, 2.45) is 5.73 Å². The molecule has 1 heterocycles. The molecule has 3 N–H and O–H groups in total. The van der Waals surface area contributed by atoms with Crippen LogP contribution in [0.3, 0.4) is 0 Å². The number of carbonyl (C=O) groups excluding carboxylic acids is 1. The molecule has 0 aliphatic rings. The Morgan fingerprint density at radius 1 is 1.53 bits per heavy atom. The number of amides is 1. The van der Waals surface area contributed by atoms with Crippen LogP contribution in [0.25, 0.3) is 0 Å². The second kappa shape index (κ2) is 4.98. The van der Waals surface area contributed by atoms with Crippen molar-refractivity contribution >= 4 is 5.91 Å². The molecule has 0 unspecified atom stereocenters. The van der Waals surface area contributed by atoms with Gasteiger partial charge in [-0.3, -0.25) is 4.79 Å². The summed E-state index contributed by atoms with van der Waals surface area (Å²) in [5, 5.41) is 2.80. The summed E-state index contributed by atoms with van der Waals surface area (Å²) in [6.45, 7) is 4.53. The fourth-order valence-corrected chi connectivity index (χ4v) is 1.25. The summed E-state index contributed by atoms with van der Waals surface area (Å²) in [5.74, 6) is -0.138. The van der Waals surface area contributed by atoms with Crippen molar-refractivity contribution in [3.05, 3.63) is 24.2 Å². The number of nitrogens with one attached hydrogen (secondary N) is 1. The average Bonchev–Trinajstić information content (AvgIpc) is 2.79. The zero-order valence-electron chi connectivity index (χ0n) is 9.25. The topological polar surface area (TPSA) is 68.3 Å². The maximum absolute atomic E-state index is 11.6. The van der Waals surface area contributed by atoms with Crippen LogP contribution in [0.1, 0.15) is 37.0 Å². The Hall–Kier alpha value is -1.29. The molecule has 0 aromatic carbocycles. The second-order valence-corrected chi connectivity index (χ2v) is 3.76. The standard InChI is InChI=1S/C11H18N2O2/c1-3-11(12,4-2)8-13-10(14)9-5-6-15-7-9/h5-7H,3-4,8,12H2,1-2H3,(H,13,14). The fourth-order valence-electron chi connectivity index (χ4n) is 1.25. The molecule has 0 bridgehead atoms. The van der Waals surface area contributed by atoms with Gasteiger partial charge >= 0.3 is 0 Å². The first kappa shape index (κ1) is 11.8. The predicted octanol–water partition coefficient (Wildman–Crippen LogP) is 1.53. The summed E-state index contributed by atoms with van der Waals surface area (Å²) in [5.41, 5.74) is 6.29. The SMILES string of the molecule is CCC(N)(CC)CNC(=O)c1ccoc1. The molecule has 0 saturated heterocycles.